The Labute approximate surface area is 130 Å². The highest BCUT2D eigenvalue weighted by Crippen LogP contribution is 2.37. The fraction of sp³-hybridized carbons (Fsp3) is 0.538. The third-order valence-corrected chi connectivity index (χ3v) is 5.60. The van der Waals surface area contributed by atoms with Gasteiger partial charge in [-0.25, -0.2) is 0 Å². The number of halogens is 1. The maximum absolute atomic E-state index is 4.30. The van der Waals surface area contributed by atoms with Crippen LogP contribution < -0.4 is 5.32 Å². The average molecular weight is 360 g/mol. The van der Waals surface area contributed by atoms with Gasteiger partial charge in [0.05, 0.1) is 16.6 Å². The minimum absolute atomic E-state index is 0.201. The van der Waals surface area contributed by atoms with Gasteiger partial charge in [0.1, 0.15) is 0 Å². The number of nitrogens with one attached hydrogen (secondary N) is 1. The summed E-state index contributed by atoms with van der Waals surface area (Å²) < 4.78 is 5.31. The van der Waals surface area contributed by atoms with E-state index in [4.69, 9.17) is 0 Å². The SMILES string of the molecule is CCCNC(c1sccc1Br)c1snnc1C(C)C. The first-order chi connectivity index (χ1) is 9.15. The lowest BCUT2D eigenvalue weighted by Crippen LogP contribution is -2.23. The third-order valence-electron chi connectivity index (χ3n) is 2.85. The van der Waals surface area contributed by atoms with E-state index in [2.05, 4.69) is 63.1 Å². The van der Waals surface area contributed by atoms with Crippen LogP contribution >= 0.6 is 38.8 Å². The van der Waals surface area contributed by atoms with Crippen LogP contribution in [0.2, 0.25) is 0 Å². The van der Waals surface area contributed by atoms with Crippen molar-refractivity contribution in [1.82, 2.24) is 14.9 Å². The van der Waals surface area contributed by atoms with E-state index in [1.54, 1.807) is 11.3 Å². The summed E-state index contributed by atoms with van der Waals surface area (Å²) in [6.07, 6.45) is 1.11. The molecule has 0 radical (unpaired) electrons. The lowest BCUT2D eigenvalue weighted by Gasteiger charge is -2.18. The summed E-state index contributed by atoms with van der Waals surface area (Å²) in [5.74, 6) is 0.401. The van der Waals surface area contributed by atoms with Crippen LogP contribution in [-0.4, -0.2) is 16.1 Å². The zero-order valence-electron chi connectivity index (χ0n) is 11.3. The largest absolute Gasteiger partial charge is 0.305 e. The summed E-state index contributed by atoms with van der Waals surface area (Å²) in [7, 11) is 0. The lowest BCUT2D eigenvalue weighted by atomic mass is 10.0. The fourth-order valence-electron chi connectivity index (χ4n) is 1.91. The molecule has 2 heterocycles. The first-order valence-corrected chi connectivity index (χ1v) is 8.88. The molecule has 3 nitrogen and oxygen atoms in total. The Kier molecular flexibility index (Phi) is 5.50. The van der Waals surface area contributed by atoms with Crippen molar-refractivity contribution in [2.45, 2.75) is 39.2 Å². The molecule has 1 N–H and O–H groups in total. The maximum Gasteiger partial charge on any atom is 0.0832 e. The maximum atomic E-state index is 4.30. The van der Waals surface area contributed by atoms with Crippen LogP contribution in [0.25, 0.3) is 0 Å². The Bertz CT molecular complexity index is 521. The van der Waals surface area contributed by atoms with Crippen LogP contribution in [0.1, 0.15) is 54.6 Å². The molecule has 104 valence electrons. The lowest BCUT2D eigenvalue weighted by molar-refractivity contribution is 0.602. The number of nitrogens with zero attached hydrogens (tertiary/aromatic N) is 2. The Morgan fingerprint density at radius 3 is 2.74 bits per heavy atom. The van der Waals surface area contributed by atoms with Gasteiger partial charge in [0.25, 0.3) is 0 Å². The molecule has 2 aromatic rings. The first kappa shape index (κ1) is 15.1. The molecule has 1 atom stereocenters. The minimum atomic E-state index is 0.201. The molecule has 0 aromatic carbocycles. The van der Waals surface area contributed by atoms with E-state index >= 15 is 0 Å². The fourth-order valence-corrected chi connectivity index (χ4v) is 4.56. The summed E-state index contributed by atoms with van der Waals surface area (Å²) in [4.78, 5) is 2.55. The van der Waals surface area contributed by atoms with Crippen molar-refractivity contribution in [2.24, 2.45) is 0 Å². The van der Waals surface area contributed by atoms with Gasteiger partial charge in [0.15, 0.2) is 0 Å². The molecule has 2 aromatic heterocycles. The molecule has 1 unspecified atom stereocenters. The van der Waals surface area contributed by atoms with Crippen LogP contribution in [0.4, 0.5) is 0 Å². The van der Waals surface area contributed by atoms with Crippen molar-refractivity contribution >= 4 is 38.8 Å². The van der Waals surface area contributed by atoms with Crippen molar-refractivity contribution in [2.75, 3.05) is 6.54 Å². The average Bonchev–Trinajstić information content (AvgIpc) is 3.00. The van der Waals surface area contributed by atoms with Crippen LogP contribution in [0.5, 0.6) is 0 Å². The molecule has 0 fully saturated rings. The molecule has 2 rings (SSSR count). The van der Waals surface area contributed by atoms with Crippen LogP contribution in [0, 0.1) is 0 Å². The molecule has 0 aliphatic rings. The highest BCUT2D eigenvalue weighted by Gasteiger charge is 2.24. The van der Waals surface area contributed by atoms with E-state index in [0.717, 1.165) is 23.1 Å². The predicted molar refractivity (Wildman–Crippen MR) is 86.2 cm³/mol. The topological polar surface area (TPSA) is 37.8 Å². The molecule has 0 aliphatic carbocycles. The summed E-state index contributed by atoms with van der Waals surface area (Å²) in [6, 6.07) is 2.30. The normalized spacial score (nSPS) is 13.1. The molecule has 0 spiro atoms. The minimum Gasteiger partial charge on any atom is -0.305 e. The van der Waals surface area contributed by atoms with E-state index < -0.39 is 0 Å². The van der Waals surface area contributed by atoms with E-state index in [1.807, 2.05) is 0 Å². The van der Waals surface area contributed by atoms with Crippen LogP contribution in [-0.2, 0) is 0 Å². The zero-order valence-corrected chi connectivity index (χ0v) is 14.5. The number of hydrogen-bond acceptors (Lipinski definition) is 5. The summed E-state index contributed by atoms with van der Waals surface area (Å²) in [5, 5.41) is 10.0. The quantitative estimate of drug-likeness (QED) is 0.820. The van der Waals surface area contributed by atoms with Crippen LogP contribution in [0.3, 0.4) is 0 Å². The second kappa shape index (κ2) is 6.92. The first-order valence-electron chi connectivity index (χ1n) is 6.43. The van der Waals surface area contributed by atoms with Gasteiger partial charge in [0.2, 0.25) is 0 Å². The highest BCUT2D eigenvalue weighted by molar-refractivity contribution is 9.10. The number of rotatable bonds is 6. The van der Waals surface area contributed by atoms with Gasteiger partial charge in [-0.05, 0) is 57.8 Å². The highest BCUT2D eigenvalue weighted by atomic mass is 79.9. The summed E-state index contributed by atoms with van der Waals surface area (Å²) in [5.41, 5.74) is 1.11. The molecular weight excluding hydrogens is 342 g/mol. The molecule has 6 heteroatoms. The summed E-state index contributed by atoms with van der Waals surface area (Å²) >= 11 is 6.91. The van der Waals surface area contributed by atoms with Gasteiger partial charge in [-0.2, -0.15) is 0 Å². The molecule has 0 aliphatic heterocycles. The Morgan fingerprint density at radius 2 is 2.16 bits per heavy atom. The molecular formula is C13H18BrN3S2. The Hall–Kier alpha value is -0.300. The molecule has 0 bridgehead atoms. The number of aromatic nitrogens is 2. The van der Waals surface area contributed by atoms with Crippen molar-refractivity contribution < 1.29 is 0 Å². The van der Waals surface area contributed by atoms with E-state index in [1.165, 1.54) is 21.3 Å². The molecule has 19 heavy (non-hydrogen) atoms. The molecule has 0 saturated heterocycles. The Morgan fingerprint density at radius 1 is 1.37 bits per heavy atom. The van der Waals surface area contributed by atoms with Crippen LogP contribution in [0.15, 0.2) is 15.9 Å². The van der Waals surface area contributed by atoms with Crippen molar-refractivity contribution in [3.05, 3.63) is 31.4 Å². The van der Waals surface area contributed by atoms with Gasteiger partial charge in [0, 0.05) is 9.35 Å². The second-order valence-corrected chi connectivity index (χ2v) is 7.28. The van der Waals surface area contributed by atoms with Gasteiger partial charge >= 0.3 is 0 Å². The van der Waals surface area contributed by atoms with Gasteiger partial charge in [-0.15, -0.1) is 16.4 Å². The predicted octanol–water partition coefficient (Wildman–Crippen LogP) is 4.57. The molecule has 0 amide bonds. The van der Waals surface area contributed by atoms with Crippen molar-refractivity contribution in [1.29, 1.82) is 0 Å². The van der Waals surface area contributed by atoms with Crippen molar-refractivity contribution in [3.63, 3.8) is 0 Å². The summed E-state index contributed by atoms with van der Waals surface area (Å²) in [6.45, 7) is 7.51. The molecule has 0 saturated carbocycles. The second-order valence-electron chi connectivity index (χ2n) is 4.70. The van der Waals surface area contributed by atoms with E-state index in [9.17, 15) is 0 Å². The Balaban J connectivity index is 2.37. The van der Waals surface area contributed by atoms with Crippen molar-refractivity contribution in [3.8, 4) is 0 Å². The number of hydrogen-bond donors (Lipinski definition) is 1. The van der Waals surface area contributed by atoms with Gasteiger partial charge in [-0.3, -0.25) is 0 Å². The smallest absolute Gasteiger partial charge is 0.0832 e. The number of thiophene rings is 1. The monoisotopic (exact) mass is 359 g/mol. The standard InChI is InChI=1S/C13H18BrN3S2/c1-4-6-15-11(12-9(14)5-7-18-12)13-10(8(2)3)16-17-19-13/h5,7-8,11,15H,4,6H2,1-3H3. The zero-order chi connectivity index (χ0) is 13.8. The van der Waals surface area contributed by atoms with E-state index in [0.29, 0.717) is 5.92 Å². The third kappa shape index (κ3) is 3.42. The van der Waals surface area contributed by atoms with Gasteiger partial charge in [-0.1, -0.05) is 25.3 Å². The van der Waals surface area contributed by atoms with E-state index in [-0.39, 0.29) is 6.04 Å². The van der Waals surface area contributed by atoms with Gasteiger partial charge < -0.3 is 5.32 Å².